The van der Waals surface area contributed by atoms with Gasteiger partial charge >= 0.3 is 11.8 Å². The Kier molecular flexibility index (Phi) is 5.19. The van der Waals surface area contributed by atoms with Gasteiger partial charge in [0.1, 0.15) is 5.69 Å². The maximum Gasteiger partial charge on any atom is 0.313 e. The van der Waals surface area contributed by atoms with Crippen LogP contribution in [0.5, 0.6) is 0 Å². The quantitative estimate of drug-likeness (QED) is 0.335. The number of nitrogens with one attached hydrogen (secondary N) is 2. The molecule has 21 heavy (non-hydrogen) atoms. The number of benzene rings is 1. The molecule has 0 saturated carbocycles. The van der Waals surface area contributed by atoms with Crippen molar-refractivity contribution in [3.8, 4) is 0 Å². The summed E-state index contributed by atoms with van der Waals surface area (Å²) in [6, 6.07) is -0.848. The fraction of sp³-hybridized carbons (Fsp3) is 0.273. The van der Waals surface area contributed by atoms with E-state index in [0.717, 1.165) is 0 Å². The number of aliphatic hydroxyl groups is 1. The summed E-state index contributed by atoms with van der Waals surface area (Å²) in [5.41, 5.74) is -1.64. The van der Waals surface area contributed by atoms with Crippen LogP contribution in [0.15, 0.2) is 0 Å². The number of hydrogen-bond acceptors (Lipinski definition) is 3. The molecule has 0 spiro atoms. The Balaban J connectivity index is 3.04. The number of hydrogen-bond donors (Lipinski definition) is 3. The highest BCUT2D eigenvalue weighted by molar-refractivity contribution is 6.39. The number of anilines is 1. The SMILES string of the molecule is CC(CO)NC(=O)C(=O)Nc1c(F)c(F)c(F)c(F)c1F. The summed E-state index contributed by atoms with van der Waals surface area (Å²) >= 11 is 0. The second kappa shape index (κ2) is 6.48. The zero-order valence-corrected chi connectivity index (χ0v) is 10.4. The van der Waals surface area contributed by atoms with Crippen molar-refractivity contribution in [1.82, 2.24) is 5.32 Å². The van der Waals surface area contributed by atoms with E-state index in [-0.39, 0.29) is 0 Å². The molecule has 0 aromatic heterocycles. The van der Waals surface area contributed by atoms with Crippen molar-refractivity contribution < 1.29 is 36.6 Å². The predicted octanol–water partition coefficient (Wildman–Crippen LogP) is 0.818. The Bertz CT molecular complexity index is 565. The summed E-state index contributed by atoms with van der Waals surface area (Å²) < 4.78 is 65.0. The fourth-order valence-corrected chi connectivity index (χ4v) is 1.22. The Morgan fingerprint density at radius 2 is 1.38 bits per heavy atom. The number of aliphatic hydroxyl groups excluding tert-OH is 1. The number of carbonyl (C=O) groups excluding carboxylic acids is 2. The topological polar surface area (TPSA) is 78.4 Å². The zero-order chi connectivity index (χ0) is 16.3. The monoisotopic (exact) mass is 312 g/mol. The van der Waals surface area contributed by atoms with Gasteiger partial charge in [0, 0.05) is 6.04 Å². The molecule has 5 nitrogen and oxygen atoms in total. The van der Waals surface area contributed by atoms with Crippen LogP contribution in [0.2, 0.25) is 0 Å². The first-order chi connectivity index (χ1) is 9.70. The molecule has 1 unspecified atom stereocenters. The molecule has 0 radical (unpaired) electrons. The van der Waals surface area contributed by atoms with E-state index < -0.39 is 59.2 Å². The third-order valence-corrected chi connectivity index (χ3v) is 2.31. The Morgan fingerprint density at radius 1 is 0.952 bits per heavy atom. The molecular formula is C11H9F5N2O3. The van der Waals surface area contributed by atoms with Crippen molar-refractivity contribution in [1.29, 1.82) is 0 Å². The van der Waals surface area contributed by atoms with Crippen LogP contribution in [0, 0.1) is 29.1 Å². The van der Waals surface area contributed by atoms with Crippen LogP contribution in [0.3, 0.4) is 0 Å². The molecule has 0 heterocycles. The largest absolute Gasteiger partial charge is 0.394 e. The molecule has 2 amide bonds. The summed E-state index contributed by atoms with van der Waals surface area (Å²) in [5.74, 6) is -14.5. The van der Waals surface area contributed by atoms with Gasteiger partial charge in [-0.25, -0.2) is 22.0 Å². The van der Waals surface area contributed by atoms with E-state index in [1.54, 1.807) is 0 Å². The average Bonchev–Trinajstić information content (AvgIpc) is 2.46. The first kappa shape index (κ1) is 16.8. The van der Waals surface area contributed by atoms with Crippen molar-refractivity contribution >= 4 is 17.5 Å². The minimum Gasteiger partial charge on any atom is -0.394 e. The molecule has 1 aromatic rings. The predicted molar refractivity (Wildman–Crippen MR) is 59.6 cm³/mol. The van der Waals surface area contributed by atoms with Crippen molar-refractivity contribution in [2.45, 2.75) is 13.0 Å². The standard InChI is InChI=1S/C11H9F5N2O3/c1-3(2-19)17-10(20)11(21)18-9-7(15)5(13)4(12)6(14)8(9)16/h3,19H,2H2,1H3,(H,17,20)(H,18,21). The maximum absolute atomic E-state index is 13.2. The number of halogens is 5. The molecule has 1 atom stereocenters. The first-order valence-electron chi connectivity index (χ1n) is 5.44. The lowest BCUT2D eigenvalue weighted by atomic mass is 10.2. The number of rotatable bonds is 3. The molecule has 0 aliphatic carbocycles. The van der Waals surface area contributed by atoms with E-state index in [0.29, 0.717) is 0 Å². The summed E-state index contributed by atoms with van der Waals surface area (Å²) in [7, 11) is 0. The third-order valence-electron chi connectivity index (χ3n) is 2.31. The van der Waals surface area contributed by atoms with E-state index >= 15 is 0 Å². The fourth-order valence-electron chi connectivity index (χ4n) is 1.22. The van der Waals surface area contributed by atoms with Crippen molar-refractivity contribution in [3.63, 3.8) is 0 Å². The lowest BCUT2D eigenvalue weighted by molar-refractivity contribution is -0.136. The van der Waals surface area contributed by atoms with Gasteiger partial charge < -0.3 is 15.7 Å². The molecule has 0 bridgehead atoms. The Morgan fingerprint density at radius 3 is 1.81 bits per heavy atom. The molecule has 3 N–H and O–H groups in total. The normalized spacial score (nSPS) is 12.0. The second-order valence-electron chi connectivity index (χ2n) is 3.96. The minimum atomic E-state index is -2.39. The van der Waals surface area contributed by atoms with Gasteiger partial charge in [-0.15, -0.1) is 0 Å². The lowest BCUT2D eigenvalue weighted by Gasteiger charge is -2.12. The van der Waals surface area contributed by atoms with Gasteiger partial charge in [-0.2, -0.15) is 0 Å². The van der Waals surface area contributed by atoms with Crippen LogP contribution in [0.25, 0.3) is 0 Å². The van der Waals surface area contributed by atoms with Crippen molar-refractivity contribution in [3.05, 3.63) is 29.1 Å². The van der Waals surface area contributed by atoms with E-state index in [1.165, 1.54) is 12.2 Å². The van der Waals surface area contributed by atoms with E-state index in [2.05, 4.69) is 0 Å². The van der Waals surface area contributed by atoms with E-state index in [4.69, 9.17) is 5.11 Å². The molecule has 10 heteroatoms. The third kappa shape index (κ3) is 3.45. The van der Waals surface area contributed by atoms with Gasteiger partial charge in [-0.3, -0.25) is 9.59 Å². The Hall–Kier alpha value is -2.23. The van der Waals surface area contributed by atoms with Crippen molar-refractivity contribution in [2.75, 3.05) is 11.9 Å². The molecule has 0 aliphatic rings. The summed E-state index contributed by atoms with van der Waals surface area (Å²) in [4.78, 5) is 22.5. The molecule has 0 fully saturated rings. The summed E-state index contributed by atoms with van der Waals surface area (Å²) in [6.45, 7) is 0.783. The molecule has 1 aromatic carbocycles. The van der Waals surface area contributed by atoms with Crippen LogP contribution in [-0.2, 0) is 9.59 Å². The lowest BCUT2D eigenvalue weighted by Crippen LogP contribution is -2.42. The van der Waals surface area contributed by atoms with Gasteiger partial charge in [-0.1, -0.05) is 0 Å². The molecule has 0 saturated heterocycles. The number of amides is 2. The molecular weight excluding hydrogens is 303 g/mol. The van der Waals surface area contributed by atoms with Crippen LogP contribution in [0.4, 0.5) is 27.6 Å². The highest BCUT2D eigenvalue weighted by Gasteiger charge is 2.28. The highest BCUT2D eigenvalue weighted by atomic mass is 19.2. The first-order valence-corrected chi connectivity index (χ1v) is 5.44. The van der Waals surface area contributed by atoms with Gasteiger partial charge in [0.25, 0.3) is 0 Å². The highest BCUT2D eigenvalue weighted by Crippen LogP contribution is 2.26. The van der Waals surface area contributed by atoms with Gasteiger partial charge in [0.2, 0.25) is 5.82 Å². The Labute approximate surface area is 114 Å². The van der Waals surface area contributed by atoms with Crippen LogP contribution < -0.4 is 10.6 Å². The number of carbonyl (C=O) groups is 2. The second-order valence-corrected chi connectivity index (χ2v) is 3.96. The molecule has 116 valence electrons. The van der Waals surface area contributed by atoms with Crippen LogP contribution in [-0.4, -0.2) is 29.6 Å². The molecule has 0 aliphatic heterocycles. The smallest absolute Gasteiger partial charge is 0.313 e. The average molecular weight is 312 g/mol. The zero-order valence-electron chi connectivity index (χ0n) is 10.4. The minimum absolute atomic E-state index is 0.526. The van der Waals surface area contributed by atoms with E-state index in [1.807, 2.05) is 5.32 Å². The van der Waals surface area contributed by atoms with Crippen molar-refractivity contribution in [2.24, 2.45) is 0 Å². The molecule has 1 rings (SSSR count). The summed E-state index contributed by atoms with van der Waals surface area (Å²) in [5, 5.41) is 11.8. The van der Waals surface area contributed by atoms with E-state index in [9.17, 15) is 31.5 Å². The van der Waals surface area contributed by atoms with Crippen LogP contribution in [0.1, 0.15) is 6.92 Å². The van der Waals surface area contributed by atoms with Gasteiger partial charge in [-0.05, 0) is 6.92 Å². The van der Waals surface area contributed by atoms with Gasteiger partial charge in [0.15, 0.2) is 23.3 Å². The van der Waals surface area contributed by atoms with Gasteiger partial charge in [0.05, 0.1) is 6.61 Å². The summed E-state index contributed by atoms with van der Waals surface area (Å²) in [6.07, 6.45) is 0. The maximum atomic E-state index is 13.2. The van der Waals surface area contributed by atoms with Crippen LogP contribution >= 0.6 is 0 Å².